The Kier molecular flexibility index (Phi) is 6.90. The smallest absolute Gasteiger partial charge is 0.224 e. The minimum absolute atomic E-state index is 0. The summed E-state index contributed by atoms with van der Waals surface area (Å²) in [6.07, 6.45) is 8.91. The largest absolute Gasteiger partial charge is 0.356 e. The number of carbonyl (C=O) groups excluding carboxylic acids is 1. The molecule has 2 aliphatic rings. The van der Waals surface area contributed by atoms with Gasteiger partial charge in [-0.15, -0.1) is 12.4 Å². The van der Waals surface area contributed by atoms with Gasteiger partial charge in [-0.3, -0.25) is 4.79 Å². The summed E-state index contributed by atoms with van der Waals surface area (Å²) < 4.78 is 0. The van der Waals surface area contributed by atoms with Crippen LogP contribution in [0, 0.1) is 11.8 Å². The summed E-state index contributed by atoms with van der Waals surface area (Å²) in [7, 11) is 0. The van der Waals surface area contributed by atoms with Crippen molar-refractivity contribution >= 4 is 18.3 Å². The molecule has 2 N–H and O–H groups in total. The molecule has 17 heavy (non-hydrogen) atoms. The predicted molar refractivity (Wildman–Crippen MR) is 72.4 cm³/mol. The van der Waals surface area contributed by atoms with E-state index < -0.39 is 0 Å². The van der Waals surface area contributed by atoms with E-state index in [-0.39, 0.29) is 24.2 Å². The molecule has 1 aliphatic heterocycles. The van der Waals surface area contributed by atoms with Crippen LogP contribution in [0.1, 0.15) is 44.9 Å². The average molecular weight is 261 g/mol. The zero-order valence-electron chi connectivity index (χ0n) is 10.5. The Bertz CT molecular complexity index is 223. The van der Waals surface area contributed by atoms with Crippen LogP contribution in [0.5, 0.6) is 0 Å². The van der Waals surface area contributed by atoms with Crippen LogP contribution in [0.3, 0.4) is 0 Å². The lowest BCUT2D eigenvalue weighted by Gasteiger charge is -2.25. The maximum Gasteiger partial charge on any atom is 0.224 e. The third-order valence-corrected chi connectivity index (χ3v) is 3.96. The molecule has 0 bridgehead atoms. The first kappa shape index (κ1) is 14.8. The zero-order valence-corrected chi connectivity index (χ0v) is 11.4. The molecule has 0 aromatic rings. The number of nitrogens with one attached hydrogen (secondary N) is 2. The molecule has 1 aliphatic carbocycles. The second kappa shape index (κ2) is 7.93. The Balaban J connectivity index is 0.00000144. The fourth-order valence-corrected chi connectivity index (χ4v) is 2.86. The molecule has 1 atom stereocenters. The monoisotopic (exact) mass is 260 g/mol. The van der Waals surface area contributed by atoms with E-state index in [1.54, 1.807) is 0 Å². The highest BCUT2D eigenvalue weighted by Gasteiger charge is 2.21. The van der Waals surface area contributed by atoms with Gasteiger partial charge >= 0.3 is 0 Å². The van der Waals surface area contributed by atoms with Gasteiger partial charge in [0.05, 0.1) is 5.92 Å². The highest BCUT2D eigenvalue weighted by molar-refractivity contribution is 5.85. The van der Waals surface area contributed by atoms with E-state index >= 15 is 0 Å². The molecule has 1 saturated heterocycles. The number of amides is 1. The summed E-state index contributed by atoms with van der Waals surface area (Å²) in [5.74, 6) is 1.24. The number of hydrogen-bond acceptors (Lipinski definition) is 2. The zero-order chi connectivity index (χ0) is 11.2. The Morgan fingerprint density at radius 1 is 1.12 bits per heavy atom. The molecule has 1 unspecified atom stereocenters. The van der Waals surface area contributed by atoms with Gasteiger partial charge in [-0.2, -0.15) is 0 Å². The number of carbonyl (C=O) groups is 1. The first-order chi connectivity index (χ1) is 7.86. The van der Waals surface area contributed by atoms with Crippen LogP contribution in [0.25, 0.3) is 0 Å². The van der Waals surface area contributed by atoms with Crippen LogP contribution in [-0.4, -0.2) is 25.5 Å². The lowest BCUT2D eigenvalue weighted by atomic mass is 9.89. The van der Waals surface area contributed by atoms with Crippen molar-refractivity contribution in [3.8, 4) is 0 Å². The molecule has 3 nitrogen and oxygen atoms in total. The lowest BCUT2D eigenvalue weighted by Crippen LogP contribution is -2.42. The summed E-state index contributed by atoms with van der Waals surface area (Å²) >= 11 is 0. The van der Waals surface area contributed by atoms with Crippen molar-refractivity contribution < 1.29 is 4.79 Å². The minimum atomic E-state index is 0. The standard InChI is InChI=1S/C13H24N2O.ClH/c16-13(12-7-4-8-14-10-12)15-9-11-5-2-1-3-6-11;/h11-12,14H,1-10H2,(H,15,16);1H. The van der Waals surface area contributed by atoms with Crippen LogP contribution in [0.4, 0.5) is 0 Å². The molecule has 1 saturated carbocycles. The summed E-state index contributed by atoms with van der Waals surface area (Å²) in [5.41, 5.74) is 0. The van der Waals surface area contributed by atoms with Crippen LogP contribution in [0.15, 0.2) is 0 Å². The van der Waals surface area contributed by atoms with Crippen molar-refractivity contribution in [1.82, 2.24) is 10.6 Å². The van der Waals surface area contributed by atoms with E-state index in [4.69, 9.17) is 0 Å². The third kappa shape index (κ3) is 4.84. The highest BCUT2D eigenvalue weighted by Crippen LogP contribution is 2.22. The maximum atomic E-state index is 11.9. The van der Waals surface area contributed by atoms with Gasteiger partial charge in [0, 0.05) is 13.1 Å². The van der Waals surface area contributed by atoms with Gasteiger partial charge in [0.15, 0.2) is 0 Å². The fourth-order valence-electron chi connectivity index (χ4n) is 2.86. The number of hydrogen-bond donors (Lipinski definition) is 2. The Morgan fingerprint density at radius 3 is 2.53 bits per heavy atom. The van der Waals surface area contributed by atoms with E-state index in [9.17, 15) is 4.79 Å². The van der Waals surface area contributed by atoms with Gasteiger partial charge in [-0.1, -0.05) is 19.3 Å². The van der Waals surface area contributed by atoms with Gasteiger partial charge in [-0.05, 0) is 38.1 Å². The normalized spacial score (nSPS) is 26.0. The summed E-state index contributed by atoms with van der Waals surface area (Å²) in [5, 5.41) is 6.44. The summed E-state index contributed by atoms with van der Waals surface area (Å²) in [4.78, 5) is 11.9. The lowest BCUT2D eigenvalue weighted by molar-refractivity contribution is -0.125. The van der Waals surface area contributed by atoms with Gasteiger partial charge in [-0.25, -0.2) is 0 Å². The van der Waals surface area contributed by atoms with Crippen LogP contribution in [-0.2, 0) is 4.79 Å². The van der Waals surface area contributed by atoms with E-state index in [0.717, 1.165) is 38.4 Å². The van der Waals surface area contributed by atoms with Crippen molar-refractivity contribution in [2.45, 2.75) is 44.9 Å². The van der Waals surface area contributed by atoms with E-state index in [1.807, 2.05) is 0 Å². The average Bonchev–Trinajstić information content (AvgIpc) is 2.38. The van der Waals surface area contributed by atoms with E-state index in [0.29, 0.717) is 0 Å². The van der Waals surface area contributed by atoms with Crippen LogP contribution < -0.4 is 10.6 Å². The molecule has 4 heteroatoms. The second-order valence-electron chi connectivity index (χ2n) is 5.29. The first-order valence-electron chi connectivity index (χ1n) is 6.84. The Morgan fingerprint density at radius 2 is 1.88 bits per heavy atom. The third-order valence-electron chi connectivity index (χ3n) is 3.96. The topological polar surface area (TPSA) is 41.1 Å². The molecule has 1 heterocycles. The second-order valence-corrected chi connectivity index (χ2v) is 5.29. The van der Waals surface area contributed by atoms with Crippen molar-refractivity contribution in [1.29, 1.82) is 0 Å². The molecule has 100 valence electrons. The number of piperidine rings is 1. The van der Waals surface area contributed by atoms with Gasteiger partial charge in [0.1, 0.15) is 0 Å². The van der Waals surface area contributed by atoms with Crippen LogP contribution in [0.2, 0.25) is 0 Å². The van der Waals surface area contributed by atoms with Crippen molar-refractivity contribution in [2.75, 3.05) is 19.6 Å². The van der Waals surface area contributed by atoms with Crippen molar-refractivity contribution in [3.05, 3.63) is 0 Å². The Labute approximate surface area is 111 Å². The maximum absolute atomic E-state index is 11.9. The van der Waals surface area contributed by atoms with Crippen molar-refractivity contribution in [3.63, 3.8) is 0 Å². The van der Waals surface area contributed by atoms with Crippen LogP contribution >= 0.6 is 12.4 Å². The van der Waals surface area contributed by atoms with E-state index in [2.05, 4.69) is 10.6 Å². The number of rotatable bonds is 3. The first-order valence-corrected chi connectivity index (χ1v) is 6.84. The SMILES string of the molecule is Cl.O=C(NCC1CCCCC1)C1CCCNC1. The van der Waals surface area contributed by atoms with Gasteiger partial charge < -0.3 is 10.6 Å². The van der Waals surface area contributed by atoms with Gasteiger partial charge in [0.2, 0.25) is 5.91 Å². The molecule has 2 fully saturated rings. The fraction of sp³-hybridized carbons (Fsp3) is 0.923. The Hall–Kier alpha value is -0.280. The minimum Gasteiger partial charge on any atom is -0.356 e. The van der Waals surface area contributed by atoms with Gasteiger partial charge in [0.25, 0.3) is 0 Å². The molecule has 1 amide bonds. The quantitative estimate of drug-likeness (QED) is 0.816. The summed E-state index contributed by atoms with van der Waals surface area (Å²) in [6.45, 7) is 2.86. The predicted octanol–water partition coefficient (Wildman–Crippen LogP) is 2.10. The molecule has 0 aromatic heterocycles. The number of halogens is 1. The van der Waals surface area contributed by atoms with E-state index in [1.165, 1.54) is 32.1 Å². The highest BCUT2D eigenvalue weighted by atomic mass is 35.5. The molecule has 2 rings (SSSR count). The molecular weight excluding hydrogens is 236 g/mol. The molecular formula is C13H25ClN2O. The molecule has 0 aromatic carbocycles. The molecule has 0 radical (unpaired) electrons. The summed E-state index contributed by atoms with van der Waals surface area (Å²) in [6, 6.07) is 0. The molecule has 0 spiro atoms. The van der Waals surface area contributed by atoms with Crippen molar-refractivity contribution in [2.24, 2.45) is 11.8 Å².